The van der Waals surface area contributed by atoms with Gasteiger partial charge in [0.25, 0.3) is 5.91 Å². The van der Waals surface area contributed by atoms with E-state index < -0.39 is 33.0 Å². The molecular weight excluding hydrogens is 639 g/mol. The molecule has 260 valence electrons. The van der Waals surface area contributed by atoms with Crippen LogP contribution < -0.4 is 14.8 Å². The second kappa shape index (κ2) is 14.1. The first-order valence-corrected chi connectivity index (χ1v) is 17.7. The van der Waals surface area contributed by atoms with Gasteiger partial charge in [0.15, 0.2) is 11.5 Å². The number of phenols is 1. The highest BCUT2D eigenvalue weighted by molar-refractivity contribution is 7.91. The Hall–Kier alpha value is -4.63. The van der Waals surface area contributed by atoms with Crippen LogP contribution in [-0.2, 0) is 24.8 Å². The van der Waals surface area contributed by atoms with Gasteiger partial charge in [-0.3, -0.25) is 9.59 Å². The number of hydrogen-bond acceptors (Lipinski definition) is 7. The normalized spacial score (nSPS) is 13.0. The van der Waals surface area contributed by atoms with Crippen molar-refractivity contribution in [1.82, 2.24) is 0 Å². The fourth-order valence-electron chi connectivity index (χ4n) is 5.77. The topological polar surface area (TPSA) is 119 Å². The first-order valence-electron chi connectivity index (χ1n) is 16.2. The smallest absolute Gasteiger partial charge is 0.273 e. The molecule has 49 heavy (non-hydrogen) atoms. The van der Waals surface area contributed by atoms with Crippen LogP contribution >= 0.6 is 0 Å². The van der Waals surface area contributed by atoms with Gasteiger partial charge in [-0.2, -0.15) is 0 Å². The maximum Gasteiger partial charge on any atom is 0.273 e. The summed E-state index contributed by atoms with van der Waals surface area (Å²) in [7, 11) is -3.88. The largest absolute Gasteiger partial charge is 0.508 e. The molecule has 0 radical (unpaired) electrons. The molecular formula is C40H47NO7S. The van der Waals surface area contributed by atoms with Crippen molar-refractivity contribution in [3.63, 3.8) is 0 Å². The van der Waals surface area contributed by atoms with E-state index in [4.69, 9.17) is 9.47 Å². The quantitative estimate of drug-likeness (QED) is 0.151. The average Bonchev–Trinajstić information content (AvgIpc) is 3.00. The Kier molecular flexibility index (Phi) is 10.7. The van der Waals surface area contributed by atoms with Crippen molar-refractivity contribution in [2.75, 3.05) is 5.32 Å². The Morgan fingerprint density at radius 2 is 1.29 bits per heavy atom. The number of carbonyl (C=O) groups is 2. The minimum Gasteiger partial charge on any atom is -0.508 e. The number of aromatic hydroxyl groups is 1. The average molecular weight is 686 g/mol. The van der Waals surface area contributed by atoms with Gasteiger partial charge in [0.05, 0.1) is 15.5 Å². The molecule has 9 heteroatoms. The second-order valence-corrected chi connectivity index (χ2v) is 17.3. The summed E-state index contributed by atoms with van der Waals surface area (Å²) in [5, 5.41) is 12.4. The van der Waals surface area contributed by atoms with Gasteiger partial charge >= 0.3 is 0 Å². The number of phenolic OH excluding ortho intramolecular Hbond substituents is 1. The SMILES string of the molecule is Cc1ccc(Oc2ccc(C(C)(C)CC(C)(C)C)cc2)c(NC(=O)C(Oc2ccc(S(=O)(=O)c3ccc(O)cc3)cc2)C(=O)C(C)(C)C)c1. The van der Waals surface area contributed by atoms with Crippen molar-refractivity contribution in [3.8, 4) is 23.0 Å². The third kappa shape index (κ3) is 9.50. The molecule has 0 aromatic heterocycles. The van der Waals surface area contributed by atoms with E-state index in [0.29, 0.717) is 17.2 Å². The number of ether oxygens (including phenoxy) is 2. The Morgan fingerprint density at radius 3 is 1.82 bits per heavy atom. The van der Waals surface area contributed by atoms with Gasteiger partial charge in [0, 0.05) is 5.41 Å². The molecule has 1 unspecified atom stereocenters. The van der Waals surface area contributed by atoms with Crippen LogP contribution in [-0.4, -0.2) is 31.3 Å². The van der Waals surface area contributed by atoms with E-state index in [9.17, 15) is 23.1 Å². The number of sulfone groups is 1. The summed E-state index contributed by atoms with van der Waals surface area (Å²) in [6, 6.07) is 24.0. The molecule has 0 aliphatic heterocycles. The molecule has 0 fully saturated rings. The van der Waals surface area contributed by atoms with Crippen LogP contribution in [0.1, 0.15) is 72.9 Å². The van der Waals surface area contributed by atoms with E-state index in [-0.39, 0.29) is 32.1 Å². The number of benzene rings is 4. The third-order valence-corrected chi connectivity index (χ3v) is 9.76. The molecule has 2 N–H and O–H groups in total. The molecule has 0 heterocycles. The standard InChI is InChI=1S/C40H47NO7S/c1-26-10-23-34(47-29-15-11-27(12-16-29)40(8,9)25-38(2,3)4)33(24-26)41-37(44)35(36(43)39(5,6)7)48-30-17-21-32(22-18-30)49(45,46)31-19-13-28(42)14-20-31/h10-24,35,42H,25H2,1-9H3,(H,41,44). The Bertz CT molecular complexity index is 1900. The van der Waals surface area contributed by atoms with Crippen LogP contribution in [0.3, 0.4) is 0 Å². The van der Waals surface area contributed by atoms with Gasteiger partial charge in [-0.05, 0) is 108 Å². The first-order chi connectivity index (χ1) is 22.7. The molecule has 0 spiro atoms. The number of anilines is 1. The lowest BCUT2D eigenvalue weighted by atomic mass is 9.72. The maximum atomic E-state index is 13.8. The van der Waals surface area contributed by atoms with Crippen LogP contribution in [0.5, 0.6) is 23.0 Å². The van der Waals surface area contributed by atoms with Crippen molar-refractivity contribution >= 4 is 27.2 Å². The number of aryl methyl sites for hydroxylation is 1. The lowest BCUT2D eigenvalue weighted by Crippen LogP contribution is -2.45. The maximum absolute atomic E-state index is 13.8. The zero-order chi connectivity index (χ0) is 36.4. The summed E-state index contributed by atoms with van der Waals surface area (Å²) >= 11 is 0. The van der Waals surface area contributed by atoms with Gasteiger partial charge in [-0.25, -0.2) is 8.42 Å². The number of nitrogens with one attached hydrogen (secondary N) is 1. The molecule has 4 aromatic carbocycles. The van der Waals surface area contributed by atoms with E-state index >= 15 is 0 Å². The molecule has 0 saturated carbocycles. The van der Waals surface area contributed by atoms with Gasteiger partial charge in [-0.1, -0.05) is 73.6 Å². The van der Waals surface area contributed by atoms with Gasteiger partial charge < -0.3 is 19.9 Å². The summed E-state index contributed by atoms with van der Waals surface area (Å²) in [4.78, 5) is 27.3. The van der Waals surface area contributed by atoms with E-state index in [1.165, 1.54) is 54.1 Å². The van der Waals surface area contributed by atoms with Crippen LogP contribution in [0.15, 0.2) is 101 Å². The van der Waals surface area contributed by atoms with E-state index in [0.717, 1.165) is 12.0 Å². The number of ketones is 1. The second-order valence-electron chi connectivity index (χ2n) is 15.3. The highest BCUT2D eigenvalue weighted by Crippen LogP contribution is 2.38. The van der Waals surface area contributed by atoms with Crippen molar-refractivity contribution < 1.29 is 32.6 Å². The van der Waals surface area contributed by atoms with E-state index in [1.54, 1.807) is 32.9 Å². The fourth-order valence-corrected chi connectivity index (χ4v) is 7.03. The molecule has 0 bridgehead atoms. The summed E-state index contributed by atoms with van der Waals surface area (Å²) < 4.78 is 38.4. The number of hydrogen-bond donors (Lipinski definition) is 2. The van der Waals surface area contributed by atoms with Crippen LogP contribution in [0.25, 0.3) is 0 Å². The van der Waals surface area contributed by atoms with Crippen LogP contribution in [0.2, 0.25) is 0 Å². The molecule has 8 nitrogen and oxygen atoms in total. The van der Waals surface area contributed by atoms with Crippen molar-refractivity contribution in [1.29, 1.82) is 0 Å². The van der Waals surface area contributed by atoms with Crippen LogP contribution in [0.4, 0.5) is 5.69 Å². The van der Waals surface area contributed by atoms with Gasteiger partial charge in [0.1, 0.15) is 17.2 Å². The molecule has 4 rings (SSSR count). The van der Waals surface area contributed by atoms with Gasteiger partial charge in [-0.15, -0.1) is 0 Å². The fraction of sp³-hybridized carbons (Fsp3) is 0.350. The summed E-state index contributed by atoms with van der Waals surface area (Å²) in [5.41, 5.74) is 1.63. The van der Waals surface area contributed by atoms with Gasteiger partial charge in [0.2, 0.25) is 15.9 Å². The van der Waals surface area contributed by atoms with Crippen LogP contribution in [0, 0.1) is 17.8 Å². The molecule has 0 aliphatic carbocycles. The summed E-state index contributed by atoms with van der Waals surface area (Å²) in [6.45, 7) is 18.1. The number of amides is 1. The van der Waals surface area contributed by atoms with E-state index in [2.05, 4.69) is 52.1 Å². The summed E-state index contributed by atoms with van der Waals surface area (Å²) in [6.07, 6.45) is -0.536. The molecule has 0 saturated heterocycles. The lowest BCUT2D eigenvalue weighted by Gasteiger charge is -2.33. The highest BCUT2D eigenvalue weighted by atomic mass is 32.2. The monoisotopic (exact) mass is 685 g/mol. The Morgan fingerprint density at radius 1 is 0.755 bits per heavy atom. The molecule has 4 aromatic rings. The molecule has 1 amide bonds. The number of carbonyl (C=O) groups excluding carboxylic acids is 2. The molecule has 0 aliphatic rings. The first kappa shape index (κ1) is 37.2. The van der Waals surface area contributed by atoms with Crippen molar-refractivity contribution in [3.05, 3.63) is 102 Å². The highest BCUT2D eigenvalue weighted by Gasteiger charge is 2.37. The Labute approximate surface area is 290 Å². The minimum atomic E-state index is -3.88. The zero-order valence-corrected chi connectivity index (χ0v) is 30.6. The zero-order valence-electron chi connectivity index (χ0n) is 29.7. The third-order valence-electron chi connectivity index (χ3n) is 7.98. The van der Waals surface area contributed by atoms with Crippen molar-refractivity contribution in [2.45, 2.75) is 90.0 Å². The number of rotatable bonds is 11. The minimum absolute atomic E-state index is 0.00984. The predicted molar refractivity (Wildman–Crippen MR) is 192 cm³/mol. The number of Topliss-reactive ketones (excluding diaryl/α,β-unsaturated/α-hetero) is 1. The predicted octanol–water partition coefficient (Wildman–Crippen LogP) is 9.04. The summed E-state index contributed by atoms with van der Waals surface area (Å²) in [5.74, 6) is -0.0888. The lowest BCUT2D eigenvalue weighted by molar-refractivity contribution is -0.140. The molecule has 1 atom stereocenters. The Balaban J connectivity index is 1.57. The van der Waals surface area contributed by atoms with Crippen molar-refractivity contribution in [2.24, 2.45) is 10.8 Å². The van der Waals surface area contributed by atoms with E-state index in [1.807, 2.05) is 25.1 Å².